The molecule has 31 heavy (non-hydrogen) atoms. The minimum absolute atomic E-state index is 0.391. The average Bonchev–Trinajstić information content (AvgIpc) is 2.96. The van der Waals surface area contributed by atoms with Crippen molar-refractivity contribution in [2.75, 3.05) is 7.11 Å². The van der Waals surface area contributed by atoms with E-state index in [1.807, 2.05) is 12.1 Å². The third kappa shape index (κ3) is 2.56. The van der Waals surface area contributed by atoms with Crippen LogP contribution in [0.1, 0.15) is 30.1 Å². The zero-order valence-electron chi connectivity index (χ0n) is 16.7. The first-order chi connectivity index (χ1) is 14.8. The molecule has 0 radical (unpaired) electrons. The summed E-state index contributed by atoms with van der Waals surface area (Å²) in [6.07, 6.45) is -1.16. The topological polar surface area (TPSA) is 123 Å². The van der Waals surface area contributed by atoms with E-state index in [1.54, 1.807) is 55.5 Å². The van der Waals surface area contributed by atoms with Crippen LogP contribution in [0.25, 0.3) is 0 Å². The first kappa shape index (κ1) is 20.7. The van der Waals surface area contributed by atoms with Gasteiger partial charge in [-0.3, -0.25) is 5.41 Å². The number of nitrogens with one attached hydrogen (secondary N) is 1. The molecule has 154 valence electrons. The molecule has 2 aliphatic rings. The Kier molecular flexibility index (Phi) is 4.67. The number of nitrogens with zero attached hydrogens (tertiary/aromatic N) is 3. The molecule has 2 bridgehead atoms. The van der Waals surface area contributed by atoms with Gasteiger partial charge in [0, 0.05) is 11.9 Å². The van der Waals surface area contributed by atoms with E-state index in [0.29, 0.717) is 21.9 Å². The van der Waals surface area contributed by atoms with Gasteiger partial charge < -0.3 is 14.2 Å². The lowest BCUT2D eigenvalue weighted by Gasteiger charge is -2.48. The number of benzene rings is 2. The number of nitriles is 3. The molecule has 0 amide bonds. The summed E-state index contributed by atoms with van der Waals surface area (Å²) in [5.41, 5.74) is -2.94. The lowest BCUT2D eigenvalue weighted by atomic mass is 9.52. The molecule has 1 N–H and O–H groups in total. The standard InChI is InChI=1S/C23H17ClN4O3/c1-21-18(14-6-8-17(29-2)9-7-14)23(13-27,20(28)31-21)22(11-25,12-26)19(30-21)15-4-3-5-16(24)10-15/h3-10,18-19,28H,1-2H3. The summed E-state index contributed by atoms with van der Waals surface area (Å²) in [5.74, 6) is -2.24. The molecular formula is C23H17ClN4O3. The van der Waals surface area contributed by atoms with Gasteiger partial charge in [-0.05, 0) is 35.4 Å². The van der Waals surface area contributed by atoms with Crippen LogP contribution in [0.2, 0.25) is 5.02 Å². The van der Waals surface area contributed by atoms with Gasteiger partial charge in [-0.2, -0.15) is 15.8 Å². The Morgan fingerprint density at radius 1 is 1.03 bits per heavy atom. The van der Waals surface area contributed by atoms with E-state index in [1.165, 1.54) is 7.11 Å². The van der Waals surface area contributed by atoms with Crippen LogP contribution in [0.4, 0.5) is 0 Å². The molecule has 4 atom stereocenters. The van der Waals surface area contributed by atoms with Gasteiger partial charge in [-0.25, -0.2) is 0 Å². The van der Waals surface area contributed by atoms with E-state index in [2.05, 4.69) is 6.07 Å². The Labute approximate surface area is 184 Å². The molecule has 7 nitrogen and oxygen atoms in total. The smallest absolute Gasteiger partial charge is 0.218 e. The maximum atomic E-state index is 10.4. The summed E-state index contributed by atoms with van der Waals surface area (Å²) in [6, 6.07) is 19.6. The van der Waals surface area contributed by atoms with Gasteiger partial charge in [-0.1, -0.05) is 35.9 Å². The third-order valence-electron chi connectivity index (χ3n) is 6.12. The molecular weight excluding hydrogens is 416 g/mol. The van der Waals surface area contributed by atoms with E-state index >= 15 is 0 Å². The Hall–Kier alpha value is -3.57. The highest BCUT2D eigenvalue weighted by Crippen LogP contribution is 2.69. The average molecular weight is 433 g/mol. The van der Waals surface area contributed by atoms with Crippen molar-refractivity contribution in [2.24, 2.45) is 10.8 Å². The number of hydrogen-bond acceptors (Lipinski definition) is 7. The van der Waals surface area contributed by atoms with Gasteiger partial charge in [0.2, 0.25) is 17.1 Å². The molecule has 0 saturated carbocycles. The molecule has 2 saturated heterocycles. The highest BCUT2D eigenvalue weighted by Gasteiger charge is 2.79. The Balaban J connectivity index is 2.01. The minimum atomic E-state index is -2.07. The monoisotopic (exact) mass is 432 g/mol. The summed E-state index contributed by atoms with van der Waals surface area (Å²) in [6.45, 7) is 1.62. The van der Waals surface area contributed by atoms with Crippen LogP contribution in [0, 0.1) is 50.2 Å². The number of methoxy groups -OCH3 is 1. The molecule has 4 unspecified atom stereocenters. The molecule has 2 aromatic rings. The Morgan fingerprint density at radius 2 is 1.71 bits per heavy atom. The largest absolute Gasteiger partial charge is 0.497 e. The Morgan fingerprint density at radius 3 is 2.26 bits per heavy atom. The van der Waals surface area contributed by atoms with E-state index < -0.39 is 34.5 Å². The van der Waals surface area contributed by atoms with Crippen LogP contribution in [0.15, 0.2) is 48.5 Å². The molecule has 8 heteroatoms. The van der Waals surface area contributed by atoms with Crippen molar-refractivity contribution in [3.05, 3.63) is 64.7 Å². The zero-order chi connectivity index (χ0) is 22.4. The van der Waals surface area contributed by atoms with Gasteiger partial charge >= 0.3 is 0 Å². The molecule has 2 aliphatic heterocycles. The van der Waals surface area contributed by atoms with E-state index in [-0.39, 0.29) is 0 Å². The van der Waals surface area contributed by atoms with Crippen molar-refractivity contribution in [2.45, 2.75) is 24.7 Å². The summed E-state index contributed by atoms with van der Waals surface area (Å²) < 4.78 is 17.3. The van der Waals surface area contributed by atoms with Crippen LogP contribution >= 0.6 is 11.6 Å². The summed E-state index contributed by atoms with van der Waals surface area (Å²) >= 11 is 6.15. The molecule has 0 aliphatic carbocycles. The highest BCUT2D eigenvalue weighted by atomic mass is 35.5. The van der Waals surface area contributed by atoms with Crippen molar-refractivity contribution in [3.63, 3.8) is 0 Å². The van der Waals surface area contributed by atoms with Crippen molar-refractivity contribution < 1.29 is 14.2 Å². The SMILES string of the molecule is COc1ccc(C2C3(C)OC(=N)C2(C#N)C(C#N)(C#N)C(c2cccc(Cl)c2)O3)cc1. The fourth-order valence-electron chi connectivity index (χ4n) is 4.75. The molecule has 2 aromatic carbocycles. The van der Waals surface area contributed by atoms with E-state index in [0.717, 1.165) is 0 Å². The van der Waals surface area contributed by atoms with E-state index in [4.69, 9.17) is 31.2 Å². The molecule has 4 rings (SSSR count). The van der Waals surface area contributed by atoms with Crippen LogP contribution < -0.4 is 4.74 Å². The van der Waals surface area contributed by atoms with Gasteiger partial charge in [0.1, 0.15) is 11.9 Å². The van der Waals surface area contributed by atoms with Crippen molar-refractivity contribution in [1.29, 1.82) is 21.2 Å². The predicted molar refractivity (Wildman–Crippen MR) is 110 cm³/mol. The second-order valence-corrected chi connectivity index (χ2v) is 8.09. The van der Waals surface area contributed by atoms with Crippen molar-refractivity contribution in [1.82, 2.24) is 0 Å². The normalized spacial score (nSPS) is 30.4. The van der Waals surface area contributed by atoms with Gasteiger partial charge in [-0.15, -0.1) is 0 Å². The molecule has 0 aromatic heterocycles. The van der Waals surface area contributed by atoms with Crippen molar-refractivity contribution >= 4 is 17.5 Å². The highest BCUT2D eigenvalue weighted by molar-refractivity contribution is 6.30. The lowest BCUT2D eigenvalue weighted by molar-refractivity contribution is -0.253. The first-order valence-electron chi connectivity index (χ1n) is 9.41. The fraction of sp³-hybridized carbons (Fsp3) is 0.304. The summed E-state index contributed by atoms with van der Waals surface area (Å²) in [5, 5.41) is 40.0. The lowest BCUT2D eigenvalue weighted by Crippen LogP contribution is -2.57. The number of halogens is 1. The van der Waals surface area contributed by atoms with Crippen LogP contribution in [-0.4, -0.2) is 18.8 Å². The molecule has 2 heterocycles. The summed E-state index contributed by atoms with van der Waals surface area (Å²) in [4.78, 5) is 0. The Bertz CT molecular complexity index is 1180. The van der Waals surface area contributed by atoms with Crippen LogP contribution in [0.3, 0.4) is 0 Å². The van der Waals surface area contributed by atoms with Gasteiger partial charge in [0.15, 0.2) is 5.41 Å². The van der Waals surface area contributed by atoms with Gasteiger partial charge in [0.05, 0.1) is 31.2 Å². The van der Waals surface area contributed by atoms with E-state index in [9.17, 15) is 15.8 Å². The number of fused-ring (bicyclic) bond motifs is 2. The summed E-state index contributed by atoms with van der Waals surface area (Å²) in [7, 11) is 1.53. The molecule has 0 spiro atoms. The number of hydrogen-bond donors (Lipinski definition) is 1. The maximum Gasteiger partial charge on any atom is 0.218 e. The second kappa shape index (κ2) is 7.00. The minimum Gasteiger partial charge on any atom is -0.497 e. The number of rotatable bonds is 3. The van der Waals surface area contributed by atoms with Gasteiger partial charge in [0.25, 0.3) is 0 Å². The van der Waals surface area contributed by atoms with Crippen LogP contribution in [-0.2, 0) is 9.47 Å². The van der Waals surface area contributed by atoms with Crippen LogP contribution in [0.5, 0.6) is 5.75 Å². The maximum absolute atomic E-state index is 10.4. The second-order valence-electron chi connectivity index (χ2n) is 7.66. The van der Waals surface area contributed by atoms with Crippen molar-refractivity contribution in [3.8, 4) is 24.0 Å². The molecule has 2 fully saturated rings. The zero-order valence-corrected chi connectivity index (χ0v) is 17.5. The quantitative estimate of drug-likeness (QED) is 0.763. The first-order valence-corrected chi connectivity index (χ1v) is 9.78. The third-order valence-corrected chi connectivity index (χ3v) is 6.35. The number of ether oxygens (including phenoxy) is 3. The predicted octanol–water partition coefficient (Wildman–Crippen LogP) is 4.47. The fourth-order valence-corrected chi connectivity index (χ4v) is 4.95.